The van der Waals surface area contributed by atoms with E-state index in [0.29, 0.717) is 33.8 Å². The topological polar surface area (TPSA) is 68.4 Å². The Bertz CT molecular complexity index is 1420. The van der Waals surface area contributed by atoms with E-state index in [1.54, 1.807) is 49.6 Å². The molecule has 2 saturated heterocycles. The van der Waals surface area contributed by atoms with Gasteiger partial charge in [-0.15, -0.1) is 0 Å². The van der Waals surface area contributed by atoms with Crippen molar-refractivity contribution < 1.29 is 18.7 Å². The summed E-state index contributed by atoms with van der Waals surface area (Å²) in [6.07, 6.45) is 0.726. The molecule has 5 rings (SSSR count). The molecule has 2 aliphatic heterocycles. The molecular weight excluding hydrogens is 577 g/mol. The molecule has 1 unspecified atom stereocenters. The number of hydrogen-bond acceptors (Lipinski definition) is 6. The van der Waals surface area contributed by atoms with Crippen LogP contribution in [0.1, 0.15) is 12.8 Å². The standard InChI is InChI=1S/C31H33ClFN5O3S/c1-41-27-5-2-4-26(20-27)38-30(40)28(21-29(39)34-24-10-6-22(32)7-11-24)37(31(38)42)15-3-14-35-16-18-36(19-17-35)25-12-8-23(33)9-13-25/h2,4-13,20,28H,3,14-19,21H2,1H3,(H,34,39). The number of amides is 2. The van der Waals surface area contributed by atoms with Gasteiger partial charge >= 0.3 is 0 Å². The molecular formula is C31H33ClFN5O3S. The zero-order valence-corrected chi connectivity index (χ0v) is 24.9. The summed E-state index contributed by atoms with van der Waals surface area (Å²) in [5.41, 5.74) is 2.23. The monoisotopic (exact) mass is 609 g/mol. The number of benzene rings is 3. The van der Waals surface area contributed by atoms with Crippen LogP contribution in [0.4, 0.5) is 21.5 Å². The van der Waals surface area contributed by atoms with E-state index >= 15 is 0 Å². The van der Waals surface area contributed by atoms with Crippen LogP contribution >= 0.6 is 23.8 Å². The van der Waals surface area contributed by atoms with Crippen molar-refractivity contribution in [3.8, 4) is 5.75 Å². The minimum atomic E-state index is -0.730. The first-order chi connectivity index (χ1) is 20.3. The Balaban J connectivity index is 1.23. The van der Waals surface area contributed by atoms with Crippen molar-refractivity contribution in [2.75, 3.05) is 61.5 Å². The highest BCUT2D eigenvalue weighted by atomic mass is 35.5. The van der Waals surface area contributed by atoms with E-state index in [2.05, 4.69) is 15.1 Å². The second kappa shape index (κ2) is 13.5. The van der Waals surface area contributed by atoms with Crippen molar-refractivity contribution in [2.45, 2.75) is 18.9 Å². The van der Waals surface area contributed by atoms with Crippen LogP contribution in [-0.4, -0.2) is 79.1 Å². The fraction of sp³-hybridized carbons (Fsp3) is 0.323. The number of halogens is 2. The van der Waals surface area contributed by atoms with Crippen LogP contribution in [0.2, 0.25) is 5.02 Å². The Hall–Kier alpha value is -3.73. The third-order valence-corrected chi connectivity index (χ3v) is 8.24. The number of methoxy groups -OCH3 is 1. The molecule has 0 radical (unpaired) electrons. The highest BCUT2D eigenvalue weighted by molar-refractivity contribution is 7.80. The van der Waals surface area contributed by atoms with E-state index in [1.807, 2.05) is 23.1 Å². The molecule has 0 aliphatic carbocycles. The van der Waals surface area contributed by atoms with Gasteiger partial charge in [0.15, 0.2) is 5.11 Å². The molecule has 220 valence electrons. The van der Waals surface area contributed by atoms with E-state index in [9.17, 15) is 14.0 Å². The molecule has 2 amide bonds. The number of nitrogens with zero attached hydrogens (tertiary/aromatic N) is 4. The average Bonchev–Trinajstić information content (AvgIpc) is 3.23. The predicted octanol–water partition coefficient (Wildman–Crippen LogP) is 5.03. The lowest BCUT2D eigenvalue weighted by Gasteiger charge is -2.36. The largest absolute Gasteiger partial charge is 0.497 e. The van der Waals surface area contributed by atoms with E-state index in [0.717, 1.165) is 44.8 Å². The second-order valence-corrected chi connectivity index (χ2v) is 11.1. The number of ether oxygens (including phenoxy) is 1. The Morgan fingerprint density at radius 1 is 1.00 bits per heavy atom. The first-order valence-corrected chi connectivity index (χ1v) is 14.7. The summed E-state index contributed by atoms with van der Waals surface area (Å²) >= 11 is 11.8. The van der Waals surface area contributed by atoms with Crippen LogP contribution in [0.3, 0.4) is 0 Å². The summed E-state index contributed by atoms with van der Waals surface area (Å²) in [4.78, 5) is 34.8. The van der Waals surface area contributed by atoms with Crippen LogP contribution in [0.25, 0.3) is 0 Å². The normalized spacial score (nSPS) is 17.6. The molecule has 0 spiro atoms. The number of piperazine rings is 1. The first kappa shape index (κ1) is 29.8. The van der Waals surface area contributed by atoms with Crippen molar-refractivity contribution in [1.29, 1.82) is 0 Å². The average molecular weight is 610 g/mol. The fourth-order valence-electron chi connectivity index (χ4n) is 5.34. The van der Waals surface area contributed by atoms with Crippen molar-refractivity contribution >= 4 is 57.8 Å². The molecule has 2 aliphatic rings. The van der Waals surface area contributed by atoms with Crippen molar-refractivity contribution in [1.82, 2.24) is 9.80 Å². The zero-order chi connectivity index (χ0) is 29.6. The van der Waals surface area contributed by atoms with Crippen molar-refractivity contribution in [2.24, 2.45) is 0 Å². The summed E-state index contributed by atoms with van der Waals surface area (Å²) in [5, 5.41) is 3.81. The van der Waals surface area contributed by atoms with Gasteiger partial charge in [0.25, 0.3) is 5.91 Å². The third-order valence-electron chi connectivity index (χ3n) is 7.57. The summed E-state index contributed by atoms with van der Waals surface area (Å²) < 4.78 is 18.7. The lowest BCUT2D eigenvalue weighted by atomic mass is 10.1. The molecule has 3 aromatic rings. The van der Waals surface area contributed by atoms with Gasteiger partial charge in [-0.1, -0.05) is 17.7 Å². The predicted molar refractivity (Wildman–Crippen MR) is 168 cm³/mol. The van der Waals surface area contributed by atoms with Gasteiger partial charge < -0.3 is 19.9 Å². The van der Waals surface area contributed by atoms with E-state index in [-0.39, 0.29) is 24.1 Å². The number of carbonyl (C=O) groups is 2. The van der Waals surface area contributed by atoms with Crippen molar-refractivity contribution in [3.05, 3.63) is 83.6 Å². The minimum absolute atomic E-state index is 0.0432. The number of thiocarbonyl (C=S) groups is 1. The Morgan fingerprint density at radius 3 is 2.40 bits per heavy atom. The quantitative estimate of drug-likeness (QED) is 0.323. The SMILES string of the molecule is COc1cccc(N2C(=O)C(CC(=O)Nc3ccc(Cl)cc3)N(CCCN3CCN(c4ccc(F)cc4)CC3)C2=S)c1. The van der Waals surface area contributed by atoms with Gasteiger partial charge in [-0.2, -0.15) is 0 Å². The van der Waals surface area contributed by atoms with Crippen LogP contribution in [-0.2, 0) is 9.59 Å². The fourth-order valence-corrected chi connectivity index (χ4v) is 5.88. The molecule has 42 heavy (non-hydrogen) atoms. The lowest BCUT2D eigenvalue weighted by Crippen LogP contribution is -2.47. The maximum atomic E-state index is 13.7. The molecule has 8 nitrogen and oxygen atoms in total. The van der Waals surface area contributed by atoms with E-state index in [1.165, 1.54) is 17.0 Å². The summed E-state index contributed by atoms with van der Waals surface area (Å²) in [6, 6.07) is 19.9. The maximum absolute atomic E-state index is 13.7. The van der Waals surface area contributed by atoms with Crippen LogP contribution < -0.4 is 19.9 Å². The lowest BCUT2D eigenvalue weighted by molar-refractivity contribution is -0.124. The van der Waals surface area contributed by atoms with Crippen molar-refractivity contribution in [3.63, 3.8) is 0 Å². The third kappa shape index (κ3) is 7.00. The summed E-state index contributed by atoms with van der Waals surface area (Å²) in [7, 11) is 1.57. The minimum Gasteiger partial charge on any atom is -0.497 e. The summed E-state index contributed by atoms with van der Waals surface area (Å²) in [5.74, 6) is -0.153. The number of nitrogens with one attached hydrogen (secondary N) is 1. The second-order valence-electron chi connectivity index (χ2n) is 10.3. The van der Waals surface area contributed by atoms with E-state index < -0.39 is 6.04 Å². The zero-order valence-electron chi connectivity index (χ0n) is 23.3. The number of hydrogen-bond donors (Lipinski definition) is 1. The molecule has 1 atom stereocenters. The van der Waals surface area contributed by atoms with Crippen LogP contribution in [0.15, 0.2) is 72.8 Å². The molecule has 1 N–H and O–H groups in total. The Kier molecular flexibility index (Phi) is 9.56. The van der Waals surface area contributed by atoms with Gasteiger partial charge in [-0.05, 0) is 85.8 Å². The van der Waals surface area contributed by atoms with E-state index in [4.69, 9.17) is 28.6 Å². The van der Waals surface area contributed by atoms with Crippen LogP contribution in [0, 0.1) is 5.82 Å². The van der Waals surface area contributed by atoms with Gasteiger partial charge in [-0.3, -0.25) is 19.4 Å². The highest BCUT2D eigenvalue weighted by Crippen LogP contribution is 2.30. The molecule has 3 aromatic carbocycles. The van der Waals surface area contributed by atoms with Crippen LogP contribution in [0.5, 0.6) is 5.75 Å². The molecule has 11 heteroatoms. The number of anilines is 3. The Morgan fingerprint density at radius 2 is 1.71 bits per heavy atom. The molecule has 0 saturated carbocycles. The van der Waals surface area contributed by atoms with Gasteiger partial charge in [0.1, 0.15) is 17.6 Å². The number of rotatable bonds is 10. The highest BCUT2D eigenvalue weighted by Gasteiger charge is 2.44. The van der Waals surface area contributed by atoms with Gasteiger partial charge in [0, 0.05) is 55.2 Å². The molecule has 2 heterocycles. The smallest absolute Gasteiger partial charge is 0.256 e. The van der Waals surface area contributed by atoms with Gasteiger partial charge in [-0.25, -0.2) is 4.39 Å². The first-order valence-electron chi connectivity index (χ1n) is 13.9. The van der Waals surface area contributed by atoms with Gasteiger partial charge in [0.2, 0.25) is 5.91 Å². The summed E-state index contributed by atoms with van der Waals surface area (Å²) in [6.45, 7) is 4.81. The molecule has 2 fully saturated rings. The molecule has 0 bridgehead atoms. The maximum Gasteiger partial charge on any atom is 0.256 e. The number of carbonyl (C=O) groups excluding carboxylic acids is 2. The Labute approximate surface area is 255 Å². The van der Waals surface area contributed by atoms with Gasteiger partial charge in [0.05, 0.1) is 19.2 Å². The molecule has 0 aromatic heterocycles.